The van der Waals surface area contributed by atoms with E-state index in [0.717, 1.165) is 27.5 Å². The number of anilines is 1. The third kappa shape index (κ3) is 4.14. The zero-order valence-electron chi connectivity index (χ0n) is 16.9. The summed E-state index contributed by atoms with van der Waals surface area (Å²) in [7, 11) is 2.96. The second kappa shape index (κ2) is 8.44. The van der Waals surface area contributed by atoms with Gasteiger partial charge in [-0.1, -0.05) is 41.6 Å². The summed E-state index contributed by atoms with van der Waals surface area (Å²) in [5, 5.41) is 5.50. The van der Waals surface area contributed by atoms with Crippen molar-refractivity contribution in [1.29, 1.82) is 0 Å². The molecule has 0 aliphatic heterocycles. The Bertz CT molecular complexity index is 1390. The molecule has 3 aromatic heterocycles. The Balaban J connectivity index is 1.81. The molecule has 1 N–H and O–H groups in total. The predicted molar refractivity (Wildman–Crippen MR) is 122 cm³/mol. The summed E-state index contributed by atoms with van der Waals surface area (Å²) in [5.74, 6) is 0.120. The van der Waals surface area contributed by atoms with Gasteiger partial charge in [0.1, 0.15) is 10.4 Å². The molecule has 0 saturated heterocycles. The molecule has 0 spiro atoms. The van der Waals surface area contributed by atoms with Crippen molar-refractivity contribution in [3.63, 3.8) is 0 Å². The Kier molecular flexibility index (Phi) is 5.70. The molecule has 0 fully saturated rings. The second-order valence-electron chi connectivity index (χ2n) is 6.80. The van der Waals surface area contributed by atoms with E-state index in [2.05, 4.69) is 20.3 Å². The van der Waals surface area contributed by atoms with Crippen molar-refractivity contribution in [2.24, 2.45) is 14.1 Å². The van der Waals surface area contributed by atoms with E-state index < -0.39 is 11.2 Å². The van der Waals surface area contributed by atoms with Gasteiger partial charge in [-0.15, -0.1) is 11.3 Å². The molecule has 0 aliphatic carbocycles. The Hall–Kier alpha value is -3.31. The first-order valence-electron chi connectivity index (χ1n) is 9.22. The normalized spacial score (nSPS) is 11.1. The minimum Gasteiger partial charge on any atom is -0.301 e. The molecular formula is C20H18N6O3S2. The first-order chi connectivity index (χ1) is 14.8. The summed E-state index contributed by atoms with van der Waals surface area (Å²) in [5.41, 5.74) is 1.07. The fourth-order valence-electron chi connectivity index (χ4n) is 2.94. The summed E-state index contributed by atoms with van der Waals surface area (Å²) < 4.78 is 2.33. The number of fused-ring (bicyclic) bond motifs is 1. The SMILES string of the molecule is Cc1ccc(-c2nc(SCC(=O)Nc3nccs3)c3c(=O)n(C)c(=O)n(C)c3n2)cc1. The molecule has 0 aliphatic rings. The smallest absolute Gasteiger partial charge is 0.301 e. The van der Waals surface area contributed by atoms with Crippen LogP contribution in [0.3, 0.4) is 0 Å². The lowest BCUT2D eigenvalue weighted by molar-refractivity contribution is -0.113. The molecule has 0 atom stereocenters. The number of nitrogens with zero attached hydrogens (tertiary/aromatic N) is 5. The first kappa shape index (κ1) is 20.9. The zero-order chi connectivity index (χ0) is 22.1. The van der Waals surface area contributed by atoms with Gasteiger partial charge in [-0.2, -0.15) is 0 Å². The molecule has 4 rings (SSSR count). The molecule has 4 aromatic rings. The first-order valence-corrected chi connectivity index (χ1v) is 11.1. The van der Waals surface area contributed by atoms with Crippen LogP contribution in [-0.2, 0) is 18.9 Å². The van der Waals surface area contributed by atoms with E-state index in [1.165, 1.54) is 23.0 Å². The van der Waals surface area contributed by atoms with Gasteiger partial charge in [0.15, 0.2) is 16.6 Å². The standard InChI is InChI=1S/C20H18N6O3S2/c1-11-4-6-12(7-5-11)15-23-16-14(18(28)26(3)20(29)25(16)2)17(24-15)31-10-13(27)22-19-21-8-9-30-19/h4-9H,10H2,1-3H3,(H,21,22,27). The van der Waals surface area contributed by atoms with Crippen LogP contribution in [0.2, 0.25) is 0 Å². The number of nitrogens with one attached hydrogen (secondary N) is 1. The Labute approximate surface area is 184 Å². The van der Waals surface area contributed by atoms with Crippen LogP contribution in [0.15, 0.2) is 50.5 Å². The lowest BCUT2D eigenvalue weighted by Crippen LogP contribution is -2.37. The quantitative estimate of drug-likeness (QED) is 0.363. The average molecular weight is 455 g/mol. The number of carbonyl (C=O) groups is 1. The van der Waals surface area contributed by atoms with Crippen LogP contribution in [0.25, 0.3) is 22.4 Å². The monoisotopic (exact) mass is 454 g/mol. The molecular weight excluding hydrogens is 436 g/mol. The predicted octanol–water partition coefficient (Wildman–Crippen LogP) is 2.19. The van der Waals surface area contributed by atoms with Gasteiger partial charge in [-0.3, -0.25) is 18.7 Å². The highest BCUT2D eigenvalue weighted by Gasteiger charge is 2.19. The summed E-state index contributed by atoms with van der Waals surface area (Å²) in [6, 6.07) is 7.61. The molecule has 0 bridgehead atoms. The maximum absolute atomic E-state index is 12.9. The van der Waals surface area contributed by atoms with Gasteiger partial charge >= 0.3 is 5.69 Å². The number of amides is 1. The van der Waals surface area contributed by atoms with Crippen molar-refractivity contribution in [1.82, 2.24) is 24.1 Å². The van der Waals surface area contributed by atoms with Crippen molar-refractivity contribution in [3.05, 3.63) is 62.2 Å². The number of hydrogen-bond donors (Lipinski definition) is 1. The van der Waals surface area contributed by atoms with Crippen molar-refractivity contribution in [2.75, 3.05) is 11.1 Å². The minimum absolute atomic E-state index is 0.0189. The Morgan fingerprint density at radius 1 is 1.13 bits per heavy atom. The Morgan fingerprint density at radius 3 is 2.55 bits per heavy atom. The van der Waals surface area contributed by atoms with Gasteiger partial charge in [-0.05, 0) is 6.92 Å². The van der Waals surface area contributed by atoms with Gasteiger partial charge in [0.25, 0.3) is 5.56 Å². The summed E-state index contributed by atoms with van der Waals surface area (Å²) in [6.45, 7) is 1.97. The Morgan fingerprint density at radius 2 is 1.87 bits per heavy atom. The average Bonchev–Trinajstić information content (AvgIpc) is 3.27. The van der Waals surface area contributed by atoms with Crippen LogP contribution in [-0.4, -0.2) is 35.7 Å². The third-order valence-electron chi connectivity index (χ3n) is 4.60. The highest BCUT2D eigenvalue weighted by molar-refractivity contribution is 8.00. The van der Waals surface area contributed by atoms with Crippen LogP contribution in [0.1, 0.15) is 5.56 Å². The van der Waals surface area contributed by atoms with Gasteiger partial charge in [-0.25, -0.2) is 19.7 Å². The lowest BCUT2D eigenvalue weighted by atomic mass is 10.1. The van der Waals surface area contributed by atoms with Gasteiger partial charge in [0.2, 0.25) is 5.91 Å². The second-order valence-corrected chi connectivity index (χ2v) is 8.66. The number of aryl methyl sites for hydroxylation is 2. The maximum Gasteiger partial charge on any atom is 0.332 e. The zero-order valence-corrected chi connectivity index (χ0v) is 18.6. The van der Waals surface area contributed by atoms with E-state index in [1.54, 1.807) is 18.6 Å². The number of thiazole rings is 1. The molecule has 3 heterocycles. The van der Waals surface area contributed by atoms with Crippen molar-refractivity contribution >= 4 is 45.2 Å². The van der Waals surface area contributed by atoms with Gasteiger partial charge in [0.05, 0.1) is 5.75 Å². The van der Waals surface area contributed by atoms with E-state index in [-0.39, 0.29) is 22.7 Å². The van der Waals surface area contributed by atoms with Crippen molar-refractivity contribution in [3.8, 4) is 11.4 Å². The highest BCUT2D eigenvalue weighted by Crippen LogP contribution is 2.26. The number of thioether (sulfide) groups is 1. The van der Waals surface area contributed by atoms with Gasteiger partial charge < -0.3 is 5.32 Å². The number of carbonyl (C=O) groups excluding carboxylic acids is 1. The number of hydrogen-bond acceptors (Lipinski definition) is 8. The molecule has 1 amide bonds. The topological polar surface area (TPSA) is 112 Å². The van der Waals surface area contributed by atoms with Crippen LogP contribution < -0.4 is 16.6 Å². The van der Waals surface area contributed by atoms with E-state index in [1.807, 2.05) is 31.2 Å². The van der Waals surface area contributed by atoms with Crippen LogP contribution in [0.4, 0.5) is 5.13 Å². The molecule has 31 heavy (non-hydrogen) atoms. The number of benzene rings is 1. The molecule has 0 radical (unpaired) electrons. The number of aromatic nitrogens is 5. The third-order valence-corrected chi connectivity index (χ3v) is 6.26. The molecule has 0 saturated carbocycles. The summed E-state index contributed by atoms with van der Waals surface area (Å²) >= 11 is 2.43. The lowest BCUT2D eigenvalue weighted by Gasteiger charge is -2.12. The largest absolute Gasteiger partial charge is 0.332 e. The molecule has 11 heteroatoms. The van der Waals surface area contributed by atoms with E-state index >= 15 is 0 Å². The number of rotatable bonds is 5. The summed E-state index contributed by atoms with van der Waals surface area (Å²) in [6.07, 6.45) is 1.60. The fourth-order valence-corrected chi connectivity index (χ4v) is 4.30. The van der Waals surface area contributed by atoms with Crippen molar-refractivity contribution < 1.29 is 4.79 Å². The summed E-state index contributed by atoms with van der Waals surface area (Å²) in [4.78, 5) is 50.7. The van der Waals surface area contributed by atoms with E-state index in [9.17, 15) is 14.4 Å². The maximum atomic E-state index is 12.9. The highest BCUT2D eigenvalue weighted by atomic mass is 32.2. The minimum atomic E-state index is -0.503. The fraction of sp³-hybridized carbons (Fsp3) is 0.200. The van der Waals surface area contributed by atoms with Crippen molar-refractivity contribution in [2.45, 2.75) is 11.9 Å². The molecule has 158 valence electrons. The van der Waals surface area contributed by atoms with E-state index in [0.29, 0.717) is 16.0 Å². The van der Waals surface area contributed by atoms with Gasteiger partial charge in [0, 0.05) is 31.2 Å². The molecule has 0 unspecified atom stereocenters. The van der Waals surface area contributed by atoms with Crippen LogP contribution in [0.5, 0.6) is 0 Å². The molecule has 9 nitrogen and oxygen atoms in total. The molecule has 1 aromatic carbocycles. The van der Waals surface area contributed by atoms with Crippen LogP contribution >= 0.6 is 23.1 Å². The van der Waals surface area contributed by atoms with E-state index in [4.69, 9.17) is 0 Å². The van der Waals surface area contributed by atoms with Crippen LogP contribution in [0, 0.1) is 6.92 Å².